The highest BCUT2D eigenvalue weighted by Gasteiger charge is 2.07. The smallest absolute Gasteiger partial charge is 0.0658 e. The summed E-state index contributed by atoms with van der Waals surface area (Å²) in [6, 6.07) is 20.8. The lowest BCUT2D eigenvalue weighted by atomic mass is 10.3. The third-order valence-corrected chi connectivity index (χ3v) is 5.38. The number of H-pyrrole nitrogens is 1. The van der Waals surface area contributed by atoms with Crippen LogP contribution in [0, 0.1) is 6.92 Å². The van der Waals surface area contributed by atoms with E-state index in [9.17, 15) is 0 Å². The molecule has 0 saturated carbocycles. The lowest BCUT2D eigenvalue weighted by Crippen LogP contribution is -1.95. The van der Waals surface area contributed by atoms with Gasteiger partial charge in [0.25, 0.3) is 0 Å². The van der Waals surface area contributed by atoms with Crippen molar-refractivity contribution in [2.75, 3.05) is 0 Å². The zero-order chi connectivity index (χ0) is 20.8. The van der Waals surface area contributed by atoms with E-state index in [1.807, 2.05) is 43.5 Å². The molecule has 2 aliphatic heterocycles. The fraction of sp³-hybridized carbons (Fsp3) is 0.0385. The molecule has 5 heteroatoms. The summed E-state index contributed by atoms with van der Waals surface area (Å²) >= 11 is 0. The molecule has 0 radical (unpaired) electrons. The molecule has 0 atom stereocenters. The molecule has 0 spiro atoms. The van der Waals surface area contributed by atoms with Gasteiger partial charge in [0.2, 0.25) is 0 Å². The van der Waals surface area contributed by atoms with Crippen molar-refractivity contribution in [3.05, 3.63) is 95.3 Å². The Morgan fingerprint density at radius 1 is 0.645 bits per heavy atom. The van der Waals surface area contributed by atoms with Gasteiger partial charge in [-0.15, -0.1) is 0 Å². The van der Waals surface area contributed by atoms with E-state index in [2.05, 4.69) is 69.1 Å². The topological polar surface area (TPSA) is 59.4 Å². The first-order chi connectivity index (χ1) is 15.2. The van der Waals surface area contributed by atoms with Crippen LogP contribution in [0.15, 0.2) is 66.9 Å². The molecule has 0 saturated heterocycles. The number of rotatable bonds is 1. The Morgan fingerprint density at radius 2 is 1.19 bits per heavy atom. The number of fused-ring (bicyclic) bond motifs is 8. The summed E-state index contributed by atoms with van der Waals surface area (Å²) in [5, 5.41) is 0. The van der Waals surface area contributed by atoms with Crippen molar-refractivity contribution in [2.45, 2.75) is 6.92 Å². The normalized spacial score (nSPS) is 12.4. The Balaban J connectivity index is 1.72. The van der Waals surface area contributed by atoms with E-state index in [0.29, 0.717) is 0 Å². The van der Waals surface area contributed by atoms with Crippen LogP contribution in [0.5, 0.6) is 0 Å². The molecule has 4 aromatic rings. The van der Waals surface area contributed by atoms with E-state index in [1.54, 1.807) is 0 Å². The number of aromatic nitrogens is 5. The summed E-state index contributed by atoms with van der Waals surface area (Å²) in [6.45, 7) is 2.01. The Bertz CT molecular complexity index is 1460. The standard InChI is InChI=1S/C26H19N5/c1-17-12-26(10-11-27-17)31-24-8-9-25(31)16-23-7-5-21(30-23)14-19-3-2-18(28-19)13-20-4-6-22(15-24)29-20/h2-16,28H,1H3. The average Bonchev–Trinajstić information content (AvgIpc) is 3.53. The van der Waals surface area contributed by atoms with Crippen molar-refractivity contribution < 1.29 is 0 Å². The third-order valence-electron chi connectivity index (χ3n) is 5.38. The number of pyridine rings is 1. The van der Waals surface area contributed by atoms with Gasteiger partial charge in [0.1, 0.15) is 0 Å². The molecule has 8 bridgehead atoms. The molecule has 4 aromatic heterocycles. The summed E-state index contributed by atoms with van der Waals surface area (Å²) < 4.78 is 2.22. The van der Waals surface area contributed by atoms with Crippen molar-refractivity contribution in [1.29, 1.82) is 0 Å². The fourth-order valence-corrected chi connectivity index (χ4v) is 3.99. The molecule has 2 aliphatic rings. The highest BCUT2D eigenvalue weighted by atomic mass is 15.0. The average molecular weight is 401 g/mol. The molecule has 31 heavy (non-hydrogen) atoms. The van der Waals surface area contributed by atoms with Crippen molar-refractivity contribution >= 4 is 46.4 Å². The summed E-state index contributed by atoms with van der Waals surface area (Å²) in [7, 11) is 0. The molecule has 6 heterocycles. The van der Waals surface area contributed by atoms with Gasteiger partial charge in [-0.1, -0.05) is 0 Å². The fourth-order valence-electron chi connectivity index (χ4n) is 3.99. The molecule has 5 nitrogen and oxygen atoms in total. The number of aryl methyl sites for hydroxylation is 1. The van der Waals surface area contributed by atoms with Crippen LogP contribution < -0.4 is 0 Å². The maximum absolute atomic E-state index is 4.78. The lowest BCUT2D eigenvalue weighted by molar-refractivity contribution is 1.11. The molecule has 6 rings (SSSR count). The monoisotopic (exact) mass is 401 g/mol. The Labute approximate surface area is 179 Å². The minimum absolute atomic E-state index is 0.919. The van der Waals surface area contributed by atoms with Crippen LogP contribution in [0.4, 0.5) is 0 Å². The first-order valence-corrected chi connectivity index (χ1v) is 10.2. The second kappa shape index (κ2) is 6.92. The molecule has 1 N–H and O–H groups in total. The van der Waals surface area contributed by atoms with Gasteiger partial charge in [-0.3, -0.25) is 4.98 Å². The largest absolute Gasteiger partial charge is 0.355 e. The zero-order valence-electron chi connectivity index (χ0n) is 16.9. The van der Waals surface area contributed by atoms with Crippen molar-refractivity contribution in [1.82, 2.24) is 24.5 Å². The third kappa shape index (κ3) is 3.36. The second-order valence-electron chi connectivity index (χ2n) is 7.71. The maximum Gasteiger partial charge on any atom is 0.0658 e. The first kappa shape index (κ1) is 17.6. The Kier molecular flexibility index (Phi) is 3.93. The predicted molar refractivity (Wildman–Crippen MR) is 126 cm³/mol. The van der Waals surface area contributed by atoms with Crippen LogP contribution in [0.1, 0.15) is 28.5 Å². The van der Waals surface area contributed by atoms with Gasteiger partial charge in [-0.25, -0.2) is 9.97 Å². The van der Waals surface area contributed by atoms with Crippen molar-refractivity contribution in [3.63, 3.8) is 0 Å². The molecule has 0 fully saturated rings. The van der Waals surface area contributed by atoms with E-state index >= 15 is 0 Å². The van der Waals surface area contributed by atoms with Crippen molar-refractivity contribution in [2.24, 2.45) is 0 Å². The van der Waals surface area contributed by atoms with E-state index in [0.717, 1.165) is 56.2 Å². The molecule has 148 valence electrons. The van der Waals surface area contributed by atoms with Crippen molar-refractivity contribution in [3.8, 4) is 5.69 Å². The number of nitrogens with zero attached hydrogens (tertiary/aromatic N) is 4. The van der Waals surface area contributed by atoms with Crippen LogP contribution in [0.2, 0.25) is 0 Å². The molecular weight excluding hydrogens is 382 g/mol. The Hall–Kier alpha value is -4.25. The second-order valence-corrected chi connectivity index (χ2v) is 7.71. The quantitative estimate of drug-likeness (QED) is 0.378. The van der Waals surface area contributed by atoms with Gasteiger partial charge in [-0.2, -0.15) is 0 Å². The lowest BCUT2D eigenvalue weighted by Gasteiger charge is -2.07. The van der Waals surface area contributed by atoms with Gasteiger partial charge in [0.05, 0.1) is 22.8 Å². The number of aromatic amines is 1. The number of hydrogen-bond donors (Lipinski definition) is 1. The van der Waals surface area contributed by atoms with E-state index in [1.165, 1.54) is 0 Å². The summed E-state index contributed by atoms with van der Waals surface area (Å²) in [6.07, 6.45) is 10.0. The van der Waals surface area contributed by atoms with E-state index in [4.69, 9.17) is 9.97 Å². The summed E-state index contributed by atoms with van der Waals surface area (Å²) in [5.74, 6) is 0. The van der Waals surface area contributed by atoms with E-state index < -0.39 is 0 Å². The van der Waals surface area contributed by atoms with Crippen LogP contribution >= 0.6 is 0 Å². The molecule has 0 aliphatic carbocycles. The minimum Gasteiger partial charge on any atom is -0.355 e. The first-order valence-electron chi connectivity index (χ1n) is 10.2. The summed E-state index contributed by atoms with van der Waals surface area (Å²) in [4.78, 5) is 17.3. The SMILES string of the molecule is Cc1cc(-n2c3ccc2cc2nc(cc4ccc(cc5nc(c3)C=C5)[nH]4)C=C2)ccn1. The highest BCUT2D eigenvalue weighted by molar-refractivity contribution is 5.78. The molecule has 0 amide bonds. The van der Waals surface area contributed by atoms with Gasteiger partial charge >= 0.3 is 0 Å². The Morgan fingerprint density at radius 3 is 1.74 bits per heavy atom. The highest BCUT2D eigenvalue weighted by Crippen LogP contribution is 2.23. The molecular formula is C26H19N5. The van der Waals surface area contributed by atoms with Gasteiger partial charge < -0.3 is 9.55 Å². The van der Waals surface area contributed by atoms with Gasteiger partial charge in [-0.05, 0) is 91.9 Å². The summed E-state index contributed by atoms with van der Waals surface area (Å²) in [5.41, 5.74) is 9.84. The number of hydrogen-bond acceptors (Lipinski definition) is 3. The maximum atomic E-state index is 4.78. The van der Waals surface area contributed by atoms with Crippen LogP contribution in [-0.2, 0) is 0 Å². The van der Waals surface area contributed by atoms with E-state index in [-0.39, 0.29) is 0 Å². The zero-order valence-corrected chi connectivity index (χ0v) is 16.9. The van der Waals surface area contributed by atoms with Gasteiger partial charge in [0.15, 0.2) is 0 Å². The number of nitrogens with one attached hydrogen (secondary N) is 1. The predicted octanol–water partition coefficient (Wildman–Crippen LogP) is 5.82. The van der Waals surface area contributed by atoms with Gasteiger partial charge in [0, 0.05) is 39.6 Å². The molecule has 0 aromatic carbocycles. The van der Waals surface area contributed by atoms with Crippen LogP contribution in [0.25, 0.3) is 52.1 Å². The molecule has 0 unspecified atom stereocenters. The van der Waals surface area contributed by atoms with Crippen LogP contribution in [0.3, 0.4) is 0 Å². The minimum atomic E-state index is 0.919. The van der Waals surface area contributed by atoms with Crippen LogP contribution in [-0.4, -0.2) is 24.5 Å².